The second kappa shape index (κ2) is 4.56. The zero-order valence-corrected chi connectivity index (χ0v) is 9.39. The van der Waals surface area contributed by atoms with Crippen LogP contribution in [0.3, 0.4) is 0 Å². The van der Waals surface area contributed by atoms with Crippen LogP contribution in [0.5, 0.6) is 0 Å². The monoisotopic (exact) mass is 238 g/mol. The number of halogens is 1. The van der Waals surface area contributed by atoms with Gasteiger partial charge in [0.1, 0.15) is 6.04 Å². The zero-order chi connectivity index (χ0) is 11.5. The number of nitrogens with two attached hydrogens (primary N) is 1. The van der Waals surface area contributed by atoms with E-state index in [4.69, 9.17) is 17.4 Å². The Balaban J connectivity index is 2.45. The van der Waals surface area contributed by atoms with Crippen molar-refractivity contribution in [2.24, 2.45) is 12.9 Å². The largest absolute Gasteiger partial charge is 0.270 e. The highest BCUT2D eigenvalue weighted by Crippen LogP contribution is 2.24. The second-order valence-corrected chi connectivity index (χ2v) is 3.62. The maximum Gasteiger partial charge on any atom is 0.152 e. The standard InChI is InChI=1S/C9H11ClN6/c1-16-8(6(10)5-14-16)7(15-11)9-12-3-2-4-13-9/h2-5,7,15H,11H2,1H3. The van der Waals surface area contributed by atoms with Gasteiger partial charge in [0.2, 0.25) is 0 Å². The molecular weight excluding hydrogens is 228 g/mol. The van der Waals surface area contributed by atoms with Crippen LogP contribution < -0.4 is 11.3 Å². The van der Waals surface area contributed by atoms with Crippen molar-refractivity contribution in [3.8, 4) is 0 Å². The van der Waals surface area contributed by atoms with E-state index in [0.29, 0.717) is 10.8 Å². The molecule has 0 aliphatic heterocycles. The third-order valence-corrected chi connectivity index (χ3v) is 2.51. The number of aryl methyl sites for hydroxylation is 1. The van der Waals surface area contributed by atoms with Crippen LogP contribution in [0.4, 0.5) is 0 Å². The summed E-state index contributed by atoms with van der Waals surface area (Å²) >= 11 is 6.03. The van der Waals surface area contributed by atoms with Gasteiger partial charge in [0, 0.05) is 19.4 Å². The van der Waals surface area contributed by atoms with Gasteiger partial charge in [-0.25, -0.2) is 15.4 Å². The van der Waals surface area contributed by atoms with Gasteiger partial charge in [-0.05, 0) is 6.07 Å². The first-order chi connectivity index (χ1) is 7.74. The molecule has 6 nitrogen and oxygen atoms in total. The summed E-state index contributed by atoms with van der Waals surface area (Å²) in [5.41, 5.74) is 3.36. The predicted molar refractivity (Wildman–Crippen MR) is 59.4 cm³/mol. The summed E-state index contributed by atoms with van der Waals surface area (Å²) in [6, 6.07) is 1.36. The molecule has 2 aromatic heterocycles. The van der Waals surface area contributed by atoms with Crippen molar-refractivity contribution in [3.05, 3.63) is 41.2 Å². The van der Waals surface area contributed by atoms with E-state index in [0.717, 1.165) is 5.69 Å². The van der Waals surface area contributed by atoms with Crippen LogP contribution in [-0.2, 0) is 7.05 Å². The van der Waals surface area contributed by atoms with E-state index >= 15 is 0 Å². The smallest absolute Gasteiger partial charge is 0.152 e. The molecule has 0 aliphatic rings. The average molecular weight is 239 g/mol. The van der Waals surface area contributed by atoms with Crippen molar-refractivity contribution in [3.63, 3.8) is 0 Å². The van der Waals surface area contributed by atoms with Gasteiger partial charge in [0.05, 0.1) is 16.9 Å². The highest BCUT2D eigenvalue weighted by molar-refractivity contribution is 6.31. The van der Waals surface area contributed by atoms with E-state index in [1.54, 1.807) is 36.4 Å². The van der Waals surface area contributed by atoms with E-state index in [1.165, 1.54) is 0 Å². The Morgan fingerprint density at radius 1 is 1.44 bits per heavy atom. The molecular formula is C9H11ClN6. The van der Waals surface area contributed by atoms with Crippen LogP contribution in [0.2, 0.25) is 5.02 Å². The maximum atomic E-state index is 6.03. The Morgan fingerprint density at radius 2 is 2.12 bits per heavy atom. The first-order valence-electron chi connectivity index (χ1n) is 4.64. The van der Waals surface area contributed by atoms with E-state index in [2.05, 4.69) is 20.5 Å². The molecule has 2 heterocycles. The molecule has 0 fully saturated rings. The van der Waals surface area contributed by atoms with E-state index in [9.17, 15) is 0 Å². The van der Waals surface area contributed by atoms with Gasteiger partial charge in [0.15, 0.2) is 5.82 Å². The highest BCUT2D eigenvalue weighted by Gasteiger charge is 2.21. The fourth-order valence-corrected chi connectivity index (χ4v) is 1.76. The summed E-state index contributed by atoms with van der Waals surface area (Å²) in [5.74, 6) is 6.06. The highest BCUT2D eigenvalue weighted by atomic mass is 35.5. The van der Waals surface area contributed by atoms with Gasteiger partial charge in [-0.3, -0.25) is 10.5 Å². The van der Waals surface area contributed by atoms with Crippen molar-refractivity contribution < 1.29 is 0 Å². The fourth-order valence-electron chi connectivity index (χ4n) is 1.48. The molecule has 2 aromatic rings. The number of hydrogen-bond acceptors (Lipinski definition) is 5. The van der Waals surface area contributed by atoms with Crippen LogP contribution in [-0.4, -0.2) is 19.7 Å². The molecule has 0 amide bonds. The number of hydrogen-bond donors (Lipinski definition) is 2. The molecule has 1 unspecified atom stereocenters. The lowest BCUT2D eigenvalue weighted by Crippen LogP contribution is -2.31. The molecule has 0 bridgehead atoms. The molecule has 2 rings (SSSR count). The van der Waals surface area contributed by atoms with Gasteiger partial charge in [-0.2, -0.15) is 5.10 Å². The van der Waals surface area contributed by atoms with Crippen LogP contribution >= 0.6 is 11.6 Å². The van der Waals surface area contributed by atoms with E-state index in [-0.39, 0.29) is 6.04 Å². The molecule has 16 heavy (non-hydrogen) atoms. The topological polar surface area (TPSA) is 81.7 Å². The molecule has 84 valence electrons. The molecule has 0 saturated carbocycles. The molecule has 0 aromatic carbocycles. The van der Waals surface area contributed by atoms with Crippen molar-refractivity contribution in [1.82, 2.24) is 25.2 Å². The summed E-state index contributed by atoms with van der Waals surface area (Å²) in [4.78, 5) is 8.27. The Kier molecular flexibility index (Phi) is 3.14. The Bertz CT molecular complexity index is 449. The number of rotatable bonds is 3. The maximum absolute atomic E-state index is 6.03. The summed E-state index contributed by atoms with van der Waals surface area (Å²) < 4.78 is 1.64. The molecule has 0 aliphatic carbocycles. The van der Waals surface area contributed by atoms with Crippen molar-refractivity contribution in [2.75, 3.05) is 0 Å². The average Bonchev–Trinajstić information content (AvgIpc) is 2.63. The molecule has 1 atom stereocenters. The minimum atomic E-state index is -0.374. The van der Waals surface area contributed by atoms with E-state index in [1.807, 2.05) is 0 Å². The van der Waals surface area contributed by atoms with Crippen molar-refractivity contribution >= 4 is 11.6 Å². The zero-order valence-electron chi connectivity index (χ0n) is 8.63. The number of aromatic nitrogens is 4. The first kappa shape index (κ1) is 11.0. The van der Waals surface area contributed by atoms with Gasteiger partial charge in [-0.1, -0.05) is 11.6 Å². The first-order valence-corrected chi connectivity index (χ1v) is 5.02. The molecule has 7 heteroatoms. The van der Waals surface area contributed by atoms with Gasteiger partial charge < -0.3 is 0 Å². The molecule has 0 spiro atoms. The number of nitrogens with one attached hydrogen (secondary N) is 1. The lowest BCUT2D eigenvalue weighted by atomic mass is 10.2. The van der Waals surface area contributed by atoms with Gasteiger partial charge >= 0.3 is 0 Å². The summed E-state index contributed by atoms with van der Waals surface area (Å²) in [7, 11) is 1.79. The number of nitrogens with zero attached hydrogens (tertiary/aromatic N) is 4. The van der Waals surface area contributed by atoms with Crippen LogP contribution in [0.25, 0.3) is 0 Å². The lowest BCUT2D eigenvalue weighted by molar-refractivity contribution is 0.550. The van der Waals surface area contributed by atoms with Crippen LogP contribution in [0.15, 0.2) is 24.7 Å². The second-order valence-electron chi connectivity index (χ2n) is 3.21. The van der Waals surface area contributed by atoms with Crippen molar-refractivity contribution in [2.45, 2.75) is 6.04 Å². The van der Waals surface area contributed by atoms with Crippen LogP contribution in [0, 0.1) is 0 Å². The quantitative estimate of drug-likeness (QED) is 0.598. The minimum absolute atomic E-state index is 0.374. The molecule has 3 N–H and O–H groups in total. The molecule has 0 radical (unpaired) electrons. The third kappa shape index (κ3) is 1.90. The van der Waals surface area contributed by atoms with Crippen molar-refractivity contribution in [1.29, 1.82) is 0 Å². The SMILES string of the molecule is Cn1ncc(Cl)c1C(NN)c1ncccn1. The Labute approximate surface area is 97.4 Å². The predicted octanol–water partition coefficient (Wildman–Crippen LogP) is 0.416. The fraction of sp³-hybridized carbons (Fsp3) is 0.222. The van der Waals surface area contributed by atoms with Crippen LogP contribution in [0.1, 0.15) is 17.6 Å². The summed E-state index contributed by atoms with van der Waals surface area (Å²) in [5, 5.41) is 4.57. The third-order valence-electron chi connectivity index (χ3n) is 2.22. The lowest BCUT2D eigenvalue weighted by Gasteiger charge is -2.14. The minimum Gasteiger partial charge on any atom is -0.270 e. The summed E-state index contributed by atoms with van der Waals surface area (Å²) in [6.07, 6.45) is 4.86. The van der Waals surface area contributed by atoms with Gasteiger partial charge in [0.25, 0.3) is 0 Å². The summed E-state index contributed by atoms with van der Waals surface area (Å²) in [6.45, 7) is 0. The normalized spacial score (nSPS) is 12.7. The Morgan fingerprint density at radius 3 is 2.62 bits per heavy atom. The number of hydrazine groups is 1. The van der Waals surface area contributed by atoms with Gasteiger partial charge in [-0.15, -0.1) is 0 Å². The Hall–Kier alpha value is -1.50. The molecule has 0 saturated heterocycles. The van der Waals surface area contributed by atoms with E-state index < -0.39 is 0 Å².